The minimum atomic E-state index is -5.09. The molecule has 0 saturated carbocycles. The highest BCUT2D eigenvalue weighted by molar-refractivity contribution is 7.91. The van der Waals surface area contributed by atoms with Gasteiger partial charge in [-0.2, -0.15) is 13.2 Å². The molecule has 0 unspecified atom stereocenters. The molecule has 1 fully saturated rings. The molecule has 0 aliphatic carbocycles. The number of nitro groups is 1. The molecule has 1 saturated heterocycles. The van der Waals surface area contributed by atoms with Crippen LogP contribution in [-0.2, 0) is 25.4 Å². The van der Waals surface area contributed by atoms with E-state index in [1.807, 2.05) is 0 Å². The third-order valence-corrected chi connectivity index (χ3v) is 6.38. The van der Waals surface area contributed by atoms with Crippen LogP contribution in [0.1, 0.15) is 6.42 Å². The maximum absolute atomic E-state index is 12.5. The van der Waals surface area contributed by atoms with E-state index < -0.39 is 66.0 Å². The normalized spacial score (nSPS) is 20.0. The Balaban J connectivity index is 2.06. The molecule has 0 spiro atoms. The van der Waals surface area contributed by atoms with Gasteiger partial charge in [0.15, 0.2) is 33.0 Å². The zero-order valence-electron chi connectivity index (χ0n) is 13.4. The number of nitrogens with zero attached hydrogens (tertiary/aromatic N) is 1. The quantitative estimate of drug-likeness (QED) is 0.524. The Hall–Kier alpha value is -2.22. The molecule has 0 aromatic heterocycles. The van der Waals surface area contributed by atoms with E-state index in [9.17, 15) is 40.7 Å². The SMILES string of the molecule is O=C(COc1ccc([S@](=O)C(F)(F)F)cc1[N+](=O)[O-])N[C@@H]1CCS(=O)(=O)C1. The number of hydrogen-bond donors (Lipinski definition) is 1. The number of amides is 1. The fraction of sp³-hybridized carbons (Fsp3) is 0.462. The molecule has 2 atom stereocenters. The van der Waals surface area contributed by atoms with Crippen molar-refractivity contribution in [2.75, 3.05) is 18.1 Å². The summed E-state index contributed by atoms with van der Waals surface area (Å²) in [6.45, 7) is -0.709. The number of halogens is 3. The second kappa shape index (κ2) is 7.80. The van der Waals surface area contributed by atoms with Gasteiger partial charge in [-0.25, -0.2) is 12.6 Å². The van der Waals surface area contributed by atoms with Gasteiger partial charge in [-0.05, 0) is 18.6 Å². The van der Waals surface area contributed by atoms with Gasteiger partial charge in [-0.1, -0.05) is 0 Å². The number of ether oxygens (including phenoxy) is 1. The van der Waals surface area contributed by atoms with E-state index in [0.29, 0.717) is 6.07 Å². The molecule has 0 bridgehead atoms. The van der Waals surface area contributed by atoms with Crippen LogP contribution in [-0.4, -0.2) is 53.1 Å². The summed E-state index contributed by atoms with van der Waals surface area (Å²) in [6.07, 6.45) is 0.228. The first kappa shape index (κ1) is 21.1. The van der Waals surface area contributed by atoms with Gasteiger partial charge in [-0.15, -0.1) is 0 Å². The van der Waals surface area contributed by atoms with Crippen molar-refractivity contribution in [1.29, 1.82) is 0 Å². The summed E-state index contributed by atoms with van der Waals surface area (Å²) >= 11 is 0. The van der Waals surface area contributed by atoms with Gasteiger partial charge >= 0.3 is 11.2 Å². The number of carbonyl (C=O) groups is 1. The van der Waals surface area contributed by atoms with E-state index in [0.717, 1.165) is 12.1 Å². The van der Waals surface area contributed by atoms with Crippen molar-refractivity contribution >= 4 is 32.2 Å². The summed E-state index contributed by atoms with van der Waals surface area (Å²) < 4.78 is 76.3. The van der Waals surface area contributed by atoms with Crippen LogP contribution in [0.4, 0.5) is 18.9 Å². The van der Waals surface area contributed by atoms with Crippen LogP contribution in [0.5, 0.6) is 5.75 Å². The van der Waals surface area contributed by atoms with Gasteiger partial charge in [0.05, 0.1) is 21.3 Å². The molecule has 27 heavy (non-hydrogen) atoms. The van der Waals surface area contributed by atoms with Crippen LogP contribution in [0.15, 0.2) is 23.1 Å². The van der Waals surface area contributed by atoms with Crippen LogP contribution in [0.2, 0.25) is 0 Å². The molecule has 1 aliphatic rings. The van der Waals surface area contributed by atoms with E-state index >= 15 is 0 Å². The molecule has 150 valence electrons. The highest BCUT2D eigenvalue weighted by Gasteiger charge is 2.39. The fourth-order valence-corrected chi connectivity index (χ4v) is 4.68. The van der Waals surface area contributed by atoms with Crippen molar-refractivity contribution in [2.45, 2.75) is 22.9 Å². The number of sulfone groups is 1. The zero-order chi connectivity index (χ0) is 20.4. The van der Waals surface area contributed by atoms with E-state index in [4.69, 9.17) is 4.74 Å². The average molecular weight is 430 g/mol. The number of nitro benzene ring substituents is 1. The summed E-state index contributed by atoms with van der Waals surface area (Å²) in [4.78, 5) is 20.9. The predicted molar refractivity (Wildman–Crippen MR) is 86.3 cm³/mol. The average Bonchev–Trinajstić information content (AvgIpc) is 2.89. The first-order valence-electron chi connectivity index (χ1n) is 7.28. The Morgan fingerprint density at radius 1 is 1.41 bits per heavy atom. The Morgan fingerprint density at radius 2 is 2.07 bits per heavy atom. The first-order valence-corrected chi connectivity index (χ1v) is 10.3. The number of rotatable bonds is 6. The van der Waals surface area contributed by atoms with Crippen molar-refractivity contribution < 1.29 is 40.3 Å². The van der Waals surface area contributed by atoms with Crippen LogP contribution < -0.4 is 10.1 Å². The van der Waals surface area contributed by atoms with Crippen molar-refractivity contribution in [3.8, 4) is 5.75 Å². The molecule has 9 nitrogen and oxygen atoms in total. The smallest absolute Gasteiger partial charge is 0.475 e. The molecule has 1 aromatic carbocycles. The Bertz CT molecular complexity index is 886. The first-order chi connectivity index (χ1) is 12.4. The van der Waals surface area contributed by atoms with Gasteiger partial charge < -0.3 is 10.1 Å². The van der Waals surface area contributed by atoms with Crippen molar-refractivity contribution in [3.63, 3.8) is 0 Å². The molecular formula is C13H13F3N2O7S2. The van der Waals surface area contributed by atoms with Gasteiger partial charge in [0.25, 0.3) is 5.91 Å². The molecule has 1 aromatic rings. The predicted octanol–water partition coefficient (Wildman–Crippen LogP) is 0.904. The maximum atomic E-state index is 12.5. The molecule has 14 heteroatoms. The second-order valence-electron chi connectivity index (χ2n) is 5.56. The monoisotopic (exact) mass is 430 g/mol. The second-order valence-corrected chi connectivity index (χ2v) is 9.26. The summed E-state index contributed by atoms with van der Waals surface area (Å²) in [5.74, 6) is -1.52. The number of alkyl halides is 3. The lowest BCUT2D eigenvalue weighted by Gasteiger charge is -2.12. The molecule has 0 radical (unpaired) electrons. The topological polar surface area (TPSA) is 133 Å². The van der Waals surface area contributed by atoms with E-state index in [2.05, 4.69) is 5.32 Å². The summed E-state index contributed by atoms with van der Waals surface area (Å²) in [6, 6.07) is 1.41. The molecular weight excluding hydrogens is 417 g/mol. The fourth-order valence-electron chi connectivity index (χ4n) is 2.33. The molecule has 2 rings (SSSR count). The van der Waals surface area contributed by atoms with Crippen LogP contribution >= 0.6 is 0 Å². The van der Waals surface area contributed by atoms with Crippen LogP contribution in [0.3, 0.4) is 0 Å². The maximum Gasteiger partial charge on any atom is 0.475 e. The Morgan fingerprint density at radius 3 is 2.59 bits per heavy atom. The molecule has 1 aliphatic heterocycles. The minimum Gasteiger partial charge on any atom is -0.477 e. The Labute approximate surface area is 153 Å². The highest BCUT2D eigenvalue weighted by Crippen LogP contribution is 2.33. The largest absolute Gasteiger partial charge is 0.477 e. The highest BCUT2D eigenvalue weighted by atomic mass is 32.2. The third-order valence-electron chi connectivity index (χ3n) is 3.51. The molecule has 1 N–H and O–H groups in total. The van der Waals surface area contributed by atoms with E-state index in [-0.39, 0.29) is 17.9 Å². The minimum absolute atomic E-state index is 0.0674. The van der Waals surface area contributed by atoms with Gasteiger partial charge in [0, 0.05) is 12.1 Å². The summed E-state index contributed by atoms with van der Waals surface area (Å²) in [7, 11) is -6.67. The van der Waals surface area contributed by atoms with E-state index in [1.54, 1.807) is 0 Å². The van der Waals surface area contributed by atoms with Gasteiger partial charge in [-0.3, -0.25) is 14.9 Å². The van der Waals surface area contributed by atoms with Crippen molar-refractivity contribution in [1.82, 2.24) is 5.32 Å². The van der Waals surface area contributed by atoms with Crippen molar-refractivity contribution in [2.24, 2.45) is 0 Å². The molecule has 1 heterocycles. The van der Waals surface area contributed by atoms with Crippen LogP contribution in [0.25, 0.3) is 0 Å². The lowest BCUT2D eigenvalue weighted by molar-refractivity contribution is -0.386. The lowest BCUT2D eigenvalue weighted by Crippen LogP contribution is -2.38. The zero-order valence-corrected chi connectivity index (χ0v) is 15.0. The van der Waals surface area contributed by atoms with Gasteiger partial charge in [0.1, 0.15) is 0 Å². The lowest BCUT2D eigenvalue weighted by atomic mass is 10.2. The molecule has 1 amide bonds. The van der Waals surface area contributed by atoms with Gasteiger partial charge in [0.2, 0.25) is 0 Å². The number of hydrogen-bond acceptors (Lipinski definition) is 7. The summed E-state index contributed by atoms with van der Waals surface area (Å²) in [5.41, 5.74) is -5.97. The van der Waals surface area contributed by atoms with Crippen LogP contribution in [0, 0.1) is 10.1 Å². The van der Waals surface area contributed by atoms with E-state index in [1.165, 1.54) is 0 Å². The Kier molecular flexibility index (Phi) is 6.09. The number of carbonyl (C=O) groups excluding carboxylic acids is 1. The standard InChI is InChI=1S/C13H13F3N2O7S2/c14-13(15,16)26(22)9-1-2-11(10(5-9)18(20)21)25-6-12(19)17-8-3-4-27(23,24)7-8/h1-2,5,8H,3-4,6-7H2,(H,17,19)/t8-,26+/m1/s1. The number of benzene rings is 1. The van der Waals surface area contributed by atoms with Crippen molar-refractivity contribution in [3.05, 3.63) is 28.3 Å². The summed E-state index contributed by atoms with van der Waals surface area (Å²) in [5, 5.41) is 13.4. The number of nitrogens with one attached hydrogen (secondary N) is 1. The third kappa shape index (κ3) is 5.63.